The smallest absolute Gasteiger partial charge is 0.360 e. The molecule has 0 amide bonds. The first kappa shape index (κ1) is 26.7. The van der Waals surface area contributed by atoms with Gasteiger partial charge in [-0.2, -0.15) is 0 Å². The van der Waals surface area contributed by atoms with E-state index in [0.717, 1.165) is 0 Å². The molecular formula is C21H29N2O9P. The Balaban J connectivity index is 2.72. The maximum absolute atomic E-state index is 14.1. The summed E-state index contributed by atoms with van der Waals surface area (Å²) in [5.41, 5.74) is 1.23. The summed E-state index contributed by atoms with van der Waals surface area (Å²) in [5.74, 6) is -1.66. The molecule has 0 saturated carbocycles. The van der Waals surface area contributed by atoms with Gasteiger partial charge in [0.05, 0.1) is 55.3 Å². The molecule has 33 heavy (non-hydrogen) atoms. The van der Waals surface area contributed by atoms with Crippen molar-refractivity contribution in [3.8, 4) is 0 Å². The van der Waals surface area contributed by atoms with E-state index in [9.17, 15) is 19.5 Å². The van der Waals surface area contributed by atoms with Crippen LogP contribution in [0.25, 0.3) is 0 Å². The molecule has 2 rings (SSSR count). The fourth-order valence-electron chi connectivity index (χ4n) is 3.53. The number of rotatable bonds is 12. The van der Waals surface area contributed by atoms with Crippen LogP contribution in [-0.4, -0.2) is 58.6 Å². The van der Waals surface area contributed by atoms with Crippen LogP contribution < -0.4 is 5.32 Å². The second kappa shape index (κ2) is 12.1. The number of esters is 1. The number of nitro benzene ring substituents is 1. The van der Waals surface area contributed by atoms with E-state index in [1.54, 1.807) is 19.9 Å². The van der Waals surface area contributed by atoms with Gasteiger partial charge < -0.3 is 28.6 Å². The standard InChI is InChI=1S/C21H29N2O9P/c1-14-18(21(24)30-5)19(16-7-6-8-17(13-16)23(25)26)20(15(2)22-14)33(27,31-11-9-28-3)32-12-10-29-4/h6-8,13,19,22H,9-12H2,1-5H3. The first-order chi connectivity index (χ1) is 15.7. The molecule has 1 atom stereocenters. The molecule has 1 aliphatic heterocycles. The van der Waals surface area contributed by atoms with E-state index in [0.29, 0.717) is 17.0 Å². The number of nitrogens with zero attached hydrogens (tertiary/aromatic N) is 1. The van der Waals surface area contributed by atoms with Gasteiger partial charge in [0.1, 0.15) is 0 Å². The molecule has 0 aromatic heterocycles. The van der Waals surface area contributed by atoms with Crippen molar-refractivity contribution in [2.75, 3.05) is 47.8 Å². The van der Waals surface area contributed by atoms with Crippen molar-refractivity contribution in [1.29, 1.82) is 0 Å². The zero-order valence-electron chi connectivity index (χ0n) is 19.3. The summed E-state index contributed by atoms with van der Waals surface area (Å²) in [5, 5.41) is 14.6. The average molecular weight is 484 g/mol. The highest BCUT2D eigenvalue weighted by Crippen LogP contribution is 2.64. The number of hydrogen-bond acceptors (Lipinski definition) is 10. The molecule has 1 N–H and O–H groups in total. The Hall–Kier alpha value is -2.56. The highest BCUT2D eigenvalue weighted by Gasteiger charge is 2.45. The largest absolute Gasteiger partial charge is 0.466 e. The number of carbonyl (C=O) groups excluding carboxylic acids is 1. The van der Waals surface area contributed by atoms with E-state index in [4.69, 9.17) is 23.3 Å². The van der Waals surface area contributed by atoms with Crippen LogP contribution in [0.4, 0.5) is 5.69 Å². The second-order valence-electron chi connectivity index (χ2n) is 7.10. The molecular weight excluding hydrogens is 455 g/mol. The monoisotopic (exact) mass is 484 g/mol. The first-order valence-electron chi connectivity index (χ1n) is 10.1. The fraction of sp³-hybridized carbons (Fsp3) is 0.476. The second-order valence-corrected chi connectivity index (χ2v) is 9.09. The third-order valence-electron chi connectivity index (χ3n) is 4.94. The molecule has 0 aliphatic carbocycles. The maximum Gasteiger partial charge on any atom is 0.360 e. The zero-order chi connectivity index (χ0) is 24.6. The number of methoxy groups -OCH3 is 3. The van der Waals surface area contributed by atoms with Crippen LogP contribution in [0.1, 0.15) is 25.3 Å². The Kier molecular flexibility index (Phi) is 9.75. The minimum atomic E-state index is -4.04. The lowest BCUT2D eigenvalue weighted by molar-refractivity contribution is -0.384. The van der Waals surface area contributed by atoms with Gasteiger partial charge in [0.2, 0.25) is 0 Å². The van der Waals surface area contributed by atoms with Crippen LogP contribution in [-0.2, 0) is 32.6 Å². The lowest BCUT2D eigenvalue weighted by atomic mass is 9.86. The third kappa shape index (κ3) is 6.27. The van der Waals surface area contributed by atoms with Crippen molar-refractivity contribution in [2.24, 2.45) is 0 Å². The van der Waals surface area contributed by atoms with Gasteiger partial charge in [0, 0.05) is 37.7 Å². The quantitative estimate of drug-likeness (QED) is 0.154. The highest BCUT2D eigenvalue weighted by atomic mass is 31.2. The molecule has 1 unspecified atom stereocenters. The van der Waals surface area contributed by atoms with Crippen molar-refractivity contribution in [2.45, 2.75) is 19.8 Å². The van der Waals surface area contributed by atoms with Crippen molar-refractivity contribution in [1.82, 2.24) is 5.32 Å². The number of nitro groups is 1. The van der Waals surface area contributed by atoms with Crippen LogP contribution >= 0.6 is 7.60 Å². The molecule has 11 nitrogen and oxygen atoms in total. The van der Waals surface area contributed by atoms with Gasteiger partial charge in [0.15, 0.2) is 0 Å². The number of dihydropyridines is 1. The average Bonchev–Trinajstić information content (AvgIpc) is 2.78. The lowest BCUT2D eigenvalue weighted by Gasteiger charge is -2.34. The molecule has 0 radical (unpaired) electrons. The summed E-state index contributed by atoms with van der Waals surface area (Å²) >= 11 is 0. The molecule has 12 heteroatoms. The maximum atomic E-state index is 14.1. The number of hydrogen-bond donors (Lipinski definition) is 1. The van der Waals surface area contributed by atoms with Crippen LogP contribution in [0, 0.1) is 10.1 Å². The summed E-state index contributed by atoms with van der Waals surface area (Å²) in [4.78, 5) is 23.7. The molecule has 1 heterocycles. The highest BCUT2D eigenvalue weighted by molar-refractivity contribution is 7.58. The molecule has 0 spiro atoms. The molecule has 1 aliphatic rings. The number of nitrogens with one attached hydrogen (secondary N) is 1. The Labute approximate surface area is 192 Å². The predicted octanol–water partition coefficient (Wildman–Crippen LogP) is 3.48. The lowest BCUT2D eigenvalue weighted by Crippen LogP contribution is -2.29. The SMILES string of the molecule is COCCOP(=O)(OCCOC)C1=C(C)NC(C)=C(C(=O)OC)C1c1cccc([N+](=O)[O-])c1. The van der Waals surface area contributed by atoms with Crippen molar-refractivity contribution >= 4 is 19.3 Å². The van der Waals surface area contributed by atoms with Crippen molar-refractivity contribution in [3.63, 3.8) is 0 Å². The van der Waals surface area contributed by atoms with Gasteiger partial charge in [-0.15, -0.1) is 0 Å². The molecule has 1 aromatic carbocycles. The zero-order valence-corrected chi connectivity index (χ0v) is 20.2. The van der Waals surface area contributed by atoms with Gasteiger partial charge in [-0.3, -0.25) is 14.7 Å². The van der Waals surface area contributed by atoms with E-state index in [1.807, 2.05) is 0 Å². The van der Waals surface area contributed by atoms with E-state index < -0.39 is 24.4 Å². The number of non-ortho nitro benzene ring substituents is 1. The first-order valence-corrected chi connectivity index (χ1v) is 11.6. The molecule has 0 fully saturated rings. The minimum Gasteiger partial charge on any atom is -0.466 e. The van der Waals surface area contributed by atoms with Gasteiger partial charge in [-0.05, 0) is 19.4 Å². The van der Waals surface area contributed by atoms with Crippen LogP contribution in [0.2, 0.25) is 0 Å². The summed E-state index contributed by atoms with van der Waals surface area (Å²) in [7, 11) is 0.129. The topological polar surface area (TPSA) is 135 Å². The van der Waals surface area contributed by atoms with Gasteiger partial charge in [-0.1, -0.05) is 12.1 Å². The Bertz CT molecular complexity index is 976. The number of ether oxygens (including phenoxy) is 3. The Morgan fingerprint density at radius 3 is 2.18 bits per heavy atom. The Morgan fingerprint density at radius 2 is 1.67 bits per heavy atom. The Morgan fingerprint density at radius 1 is 1.06 bits per heavy atom. The van der Waals surface area contributed by atoms with E-state index in [-0.39, 0.29) is 43.0 Å². The summed E-state index contributed by atoms with van der Waals surface area (Å²) in [6.07, 6.45) is 0. The van der Waals surface area contributed by atoms with Gasteiger partial charge in [-0.25, -0.2) is 4.79 Å². The van der Waals surface area contributed by atoms with Crippen LogP contribution in [0.5, 0.6) is 0 Å². The van der Waals surface area contributed by atoms with E-state index in [1.165, 1.54) is 39.5 Å². The van der Waals surface area contributed by atoms with E-state index >= 15 is 0 Å². The van der Waals surface area contributed by atoms with Crippen LogP contribution in [0.3, 0.4) is 0 Å². The third-order valence-corrected chi connectivity index (χ3v) is 7.17. The molecule has 0 saturated heterocycles. The van der Waals surface area contributed by atoms with Gasteiger partial charge in [0.25, 0.3) is 5.69 Å². The molecule has 0 bridgehead atoms. The van der Waals surface area contributed by atoms with Crippen LogP contribution in [0.15, 0.2) is 46.5 Å². The summed E-state index contributed by atoms with van der Waals surface area (Å²) in [6, 6.07) is 5.77. The summed E-state index contributed by atoms with van der Waals surface area (Å²) in [6.45, 7) is 3.54. The number of allylic oxidation sites excluding steroid dienone is 3. The fourth-order valence-corrected chi connectivity index (χ4v) is 5.57. The number of benzene rings is 1. The normalized spacial score (nSPS) is 16.6. The minimum absolute atomic E-state index is 0.0462. The van der Waals surface area contributed by atoms with Crippen molar-refractivity contribution in [3.05, 3.63) is 62.2 Å². The molecule has 1 aromatic rings. The van der Waals surface area contributed by atoms with Crippen molar-refractivity contribution < 1.29 is 37.5 Å². The summed E-state index contributed by atoms with van der Waals surface area (Å²) < 4.78 is 40.5. The molecule has 182 valence electrons. The predicted molar refractivity (Wildman–Crippen MR) is 120 cm³/mol. The van der Waals surface area contributed by atoms with E-state index in [2.05, 4.69) is 5.32 Å². The number of carbonyl (C=O) groups is 1. The van der Waals surface area contributed by atoms with Gasteiger partial charge >= 0.3 is 13.6 Å².